The zero-order chi connectivity index (χ0) is 16.2. The number of aliphatic carboxylic acids is 1. The number of carboxylic acid groups (broad SMARTS) is 1. The first-order valence-electron chi connectivity index (χ1n) is 7.26. The molecule has 0 atom stereocenters. The van der Waals surface area contributed by atoms with Gasteiger partial charge in [0.2, 0.25) is 0 Å². The van der Waals surface area contributed by atoms with Crippen LogP contribution >= 0.6 is 0 Å². The quantitative estimate of drug-likeness (QED) is 0.571. The zero-order valence-corrected chi connectivity index (χ0v) is 12.7. The van der Waals surface area contributed by atoms with E-state index >= 15 is 0 Å². The molecule has 3 aromatic rings. The molecular weight excluding hydrogens is 288 g/mol. The summed E-state index contributed by atoms with van der Waals surface area (Å²) in [5.41, 5.74) is 1.80. The normalized spacial score (nSPS) is 11.4. The van der Waals surface area contributed by atoms with Gasteiger partial charge in [-0.25, -0.2) is 4.79 Å². The molecule has 3 nitrogen and oxygen atoms in total. The number of carbonyl (C=O) groups is 1. The van der Waals surface area contributed by atoms with Crippen molar-refractivity contribution in [2.24, 2.45) is 0 Å². The van der Waals surface area contributed by atoms with Crippen molar-refractivity contribution in [1.82, 2.24) is 0 Å². The van der Waals surface area contributed by atoms with E-state index in [9.17, 15) is 9.90 Å². The van der Waals surface area contributed by atoms with Crippen LogP contribution in [0.2, 0.25) is 0 Å². The van der Waals surface area contributed by atoms with Crippen molar-refractivity contribution in [3.63, 3.8) is 0 Å². The van der Waals surface area contributed by atoms with Gasteiger partial charge in [-0.05, 0) is 40.1 Å². The molecule has 0 heterocycles. The highest BCUT2D eigenvalue weighted by atomic mass is 16.5. The molecule has 3 rings (SSSR count). The monoisotopic (exact) mass is 304 g/mol. The first kappa shape index (κ1) is 14.9. The van der Waals surface area contributed by atoms with Gasteiger partial charge >= 0.3 is 5.97 Å². The largest absolute Gasteiger partial charge is 0.497 e. The third-order valence-corrected chi connectivity index (χ3v) is 3.74. The van der Waals surface area contributed by atoms with Crippen molar-refractivity contribution >= 4 is 28.4 Å². The van der Waals surface area contributed by atoms with Crippen molar-refractivity contribution in [2.45, 2.75) is 0 Å². The van der Waals surface area contributed by atoms with E-state index < -0.39 is 5.97 Å². The number of benzene rings is 3. The van der Waals surface area contributed by atoms with Crippen molar-refractivity contribution in [3.05, 3.63) is 77.9 Å². The maximum atomic E-state index is 11.8. The van der Waals surface area contributed by atoms with Crippen LogP contribution in [0.5, 0.6) is 5.75 Å². The van der Waals surface area contributed by atoms with E-state index in [0.717, 1.165) is 22.1 Å². The minimum atomic E-state index is -0.947. The second-order valence-electron chi connectivity index (χ2n) is 5.16. The van der Waals surface area contributed by atoms with Gasteiger partial charge in [0.25, 0.3) is 0 Å². The van der Waals surface area contributed by atoms with Gasteiger partial charge in [-0.15, -0.1) is 0 Å². The van der Waals surface area contributed by atoms with Crippen LogP contribution in [0.25, 0.3) is 22.4 Å². The molecule has 1 N–H and O–H groups in total. The Morgan fingerprint density at radius 1 is 0.957 bits per heavy atom. The fourth-order valence-corrected chi connectivity index (χ4v) is 2.58. The van der Waals surface area contributed by atoms with Gasteiger partial charge in [-0.1, -0.05) is 54.6 Å². The van der Waals surface area contributed by atoms with Crippen molar-refractivity contribution in [3.8, 4) is 5.75 Å². The SMILES string of the molecule is COc1ccc(/C=C(\C(=O)O)c2cccc3ccccc23)cc1. The lowest BCUT2D eigenvalue weighted by Crippen LogP contribution is -2.00. The van der Waals surface area contributed by atoms with Crippen LogP contribution in [0.4, 0.5) is 0 Å². The van der Waals surface area contributed by atoms with Gasteiger partial charge < -0.3 is 9.84 Å². The average Bonchev–Trinajstić information content (AvgIpc) is 2.59. The number of fused-ring (bicyclic) bond motifs is 1. The van der Waals surface area contributed by atoms with E-state index in [1.165, 1.54) is 0 Å². The number of hydrogen-bond donors (Lipinski definition) is 1. The van der Waals surface area contributed by atoms with Gasteiger partial charge in [0.15, 0.2) is 0 Å². The topological polar surface area (TPSA) is 46.5 Å². The lowest BCUT2D eigenvalue weighted by molar-refractivity contribution is -0.130. The molecule has 0 aliphatic rings. The van der Waals surface area contributed by atoms with Crippen LogP contribution in [0.1, 0.15) is 11.1 Å². The smallest absolute Gasteiger partial charge is 0.336 e. The lowest BCUT2D eigenvalue weighted by atomic mass is 9.96. The van der Waals surface area contributed by atoms with Gasteiger partial charge in [0.1, 0.15) is 5.75 Å². The molecule has 3 aromatic carbocycles. The van der Waals surface area contributed by atoms with Gasteiger partial charge in [-0.2, -0.15) is 0 Å². The lowest BCUT2D eigenvalue weighted by Gasteiger charge is -2.08. The molecular formula is C20H16O3. The van der Waals surface area contributed by atoms with Crippen LogP contribution in [0.15, 0.2) is 66.7 Å². The summed E-state index contributed by atoms with van der Waals surface area (Å²) in [7, 11) is 1.60. The molecule has 0 aromatic heterocycles. The minimum absolute atomic E-state index is 0.270. The van der Waals surface area contributed by atoms with E-state index in [4.69, 9.17) is 4.74 Å². The molecule has 0 amide bonds. The number of carboxylic acids is 1. The summed E-state index contributed by atoms with van der Waals surface area (Å²) in [6, 6.07) is 20.8. The van der Waals surface area contributed by atoms with Gasteiger partial charge in [0, 0.05) is 0 Å². The van der Waals surface area contributed by atoms with E-state index in [0.29, 0.717) is 5.56 Å². The van der Waals surface area contributed by atoms with Crippen molar-refractivity contribution < 1.29 is 14.6 Å². The Hall–Kier alpha value is -3.07. The number of ether oxygens (including phenoxy) is 1. The van der Waals surface area contributed by atoms with E-state index in [1.807, 2.05) is 66.7 Å². The molecule has 0 saturated heterocycles. The summed E-state index contributed by atoms with van der Waals surface area (Å²) in [5.74, 6) is -0.207. The molecule has 0 aliphatic heterocycles. The van der Waals surface area contributed by atoms with Crippen LogP contribution in [-0.4, -0.2) is 18.2 Å². The summed E-state index contributed by atoms with van der Waals surface area (Å²) in [4.78, 5) is 11.8. The summed E-state index contributed by atoms with van der Waals surface area (Å²) in [6.45, 7) is 0. The molecule has 0 unspecified atom stereocenters. The van der Waals surface area contributed by atoms with Crippen LogP contribution in [-0.2, 0) is 4.79 Å². The third-order valence-electron chi connectivity index (χ3n) is 3.74. The fourth-order valence-electron chi connectivity index (χ4n) is 2.58. The highest BCUT2D eigenvalue weighted by Crippen LogP contribution is 2.27. The molecule has 0 spiro atoms. The maximum Gasteiger partial charge on any atom is 0.336 e. The number of hydrogen-bond acceptors (Lipinski definition) is 2. The predicted molar refractivity (Wildman–Crippen MR) is 92.4 cm³/mol. The van der Waals surface area contributed by atoms with Gasteiger partial charge in [0.05, 0.1) is 12.7 Å². The summed E-state index contributed by atoms with van der Waals surface area (Å²) >= 11 is 0. The standard InChI is InChI=1S/C20H16O3/c1-23-16-11-9-14(10-12-16)13-19(20(21)22)18-8-4-6-15-5-2-3-7-17(15)18/h2-13H,1H3,(H,21,22)/b19-13-. The Labute approximate surface area is 134 Å². The van der Waals surface area contributed by atoms with E-state index in [-0.39, 0.29) is 5.57 Å². The Bertz CT molecular complexity index is 872. The Morgan fingerprint density at radius 3 is 2.35 bits per heavy atom. The number of methoxy groups -OCH3 is 1. The molecule has 0 fully saturated rings. The summed E-state index contributed by atoms with van der Waals surface area (Å²) in [6.07, 6.45) is 1.68. The van der Waals surface area contributed by atoms with Crippen molar-refractivity contribution in [2.75, 3.05) is 7.11 Å². The Balaban J connectivity index is 2.14. The fraction of sp³-hybridized carbons (Fsp3) is 0.0500. The predicted octanol–water partition coefficient (Wildman–Crippen LogP) is 4.47. The molecule has 0 radical (unpaired) electrons. The Kier molecular flexibility index (Phi) is 4.11. The molecule has 3 heteroatoms. The van der Waals surface area contributed by atoms with E-state index in [1.54, 1.807) is 13.2 Å². The van der Waals surface area contributed by atoms with Crippen LogP contribution < -0.4 is 4.74 Å². The maximum absolute atomic E-state index is 11.8. The van der Waals surface area contributed by atoms with Crippen LogP contribution in [0.3, 0.4) is 0 Å². The first-order chi connectivity index (χ1) is 11.2. The average molecular weight is 304 g/mol. The molecule has 0 saturated carbocycles. The summed E-state index contributed by atoms with van der Waals surface area (Å²) in [5, 5.41) is 11.6. The highest BCUT2D eigenvalue weighted by molar-refractivity contribution is 6.23. The zero-order valence-electron chi connectivity index (χ0n) is 12.7. The molecule has 23 heavy (non-hydrogen) atoms. The summed E-state index contributed by atoms with van der Waals surface area (Å²) < 4.78 is 5.13. The molecule has 0 aliphatic carbocycles. The molecule has 0 bridgehead atoms. The van der Waals surface area contributed by atoms with Crippen LogP contribution in [0, 0.1) is 0 Å². The van der Waals surface area contributed by atoms with Gasteiger partial charge in [-0.3, -0.25) is 0 Å². The van der Waals surface area contributed by atoms with E-state index in [2.05, 4.69) is 0 Å². The van der Waals surface area contributed by atoms with Crippen molar-refractivity contribution in [1.29, 1.82) is 0 Å². The molecule has 114 valence electrons. The first-order valence-corrected chi connectivity index (χ1v) is 7.26. The second-order valence-corrected chi connectivity index (χ2v) is 5.16. The highest BCUT2D eigenvalue weighted by Gasteiger charge is 2.13. The third kappa shape index (κ3) is 3.09. The number of rotatable bonds is 4. The minimum Gasteiger partial charge on any atom is -0.497 e. The Morgan fingerprint density at radius 2 is 1.65 bits per heavy atom. The second kappa shape index (κ2) is 6.36.